The van der Waals surface area contributed by atoms with Gasteiger partial charge >= 0.3 is 0 Å². The van der Waals surface area contributed by atoms with Gasteiger partial charge in [-0.15, -0.1) is 24.0 Å². The van der Waals surface area contributed by atoms with Crippen LogP contribution in [-0.2, 0) is 9.84 Å². The molecular weight excluding hydrogens is 389 g/mol. The summed E-state index contributed by atoms with van der Waals surface area (Å²) in [5.41, 5.74) is 0. The Labute approximate surface area is 139 Å². The molecule has 2 fully saturated rings. The fourth-order valence-corrected chi connectivity index (χ4v) is 4.07. The Bertz CT molecular complexity index is 433. The van der Waals surface area contributed by atoms with E-state index < -0.39 is 9.84 Å². The molecule has 0 radical (unpaired) electrons. The van der Waals surface area contributed by atoms with Gasteiger partial charge < -0.3 is 10.6 Å². The van der Waals surface area contributed by atoms with E-state index in [9.17, 15) is 8.42 Å². The quantitative estimate of drug-likeness (QED) is 0.405. The molecule has 2 rings (SSSR count). The summed E-state index contributed by atoms with van der Waals surface area (Å²) in [6.07, 6.45) is 3.37. The number of nitrogens with zero attached hydrogens (tertiary/aromatic N) is 1. The van der Waals surface area contributed by atoms with Crippen molar-refractivity contribution in [2.75, 3.05) is 24.6 Å². The number of rotatable bonds is 5. The van der Waals surface area contributed by atoms with E-state index >= 15 is 0 Å². The number of nitrogens with one attached hydrogen (secondary N) is 2. The molecule has 0 bridgehead atoms. The third-order valence-electron chi connectivity index (χ3n) is 3.51. The van der Waals surface area contributed by atoms with Gasteiger partial charge in [0, 0.05) is 19.1 Å². The summed E-state index contributed by atoms with van der Waals surface area (Å²) in [5.74, 6) is 2.44. The number of aliphatic imine (C=N–C) groups is 1. The monoisotopic (exact) mass is 415 g/mol. The Morgan fingerprint density at radius 1 is 1.25 bits per heavy atom. The zero-order valence-electron chi connectivity index (χ0n) is 12.3. The van der Waals surface area contributed by atoms with E-state index in [1.165, 1.54) is 12.8 Å². The van der Waals surface area contributed by atoms with Gasteiger partial charge in [-0.2, -0.15) is 0 Å². The summed E-state index contributed by atoms with van der Waals surface area (Å²) >= 11 is 0. The van der Waals surface area contributed by atoms with Crippen molar-refractivity contribution < 1.29 is 8.42 Å². The van der Waals surface area contributed by atoms with Crippen LogP contribution in [0.4, 0.5) is 0 Å². The van der Waals surface area contributed by atoms with Gasteiger partial charge in [-0.1, -0.05) is 0 Å². The average molecular weight is 415 g/mol. The lowest BCUT2D eigenvalue weighted by Crippen LogP contribution is -2.42. The van der Waals surface area contributed by atoms with Gasteiger partial charge in [0.05, 0.1) is 11.5 Å². The number of hydrogen-bond acceptors (Lipinski definition) is 3. The van der Waals surface area contributed by atoms with Crippen molar-refractivity contribution >= 4 is 39.8 Å². The van der Waals surface area contributed by atoms with Crippen LogP contribution in [0, 0.1) is 11.8 Å². The van der Waals surface area contributed by atoms with Crippen molar-refractivity contribution in [2.24, 2.45) is 16.8 Å². The molecule has 0 aromatic rings. The van der Waals surface area contributed by atoms with Crippen LogP contribution in [0.15, 0.2) is 4.99 Å². The van der Waals surface area contributed by atoms with E-state index in [-0.39, 0.29) is 29.9 Å². The fraction of sp³-hybridized carbons (Fsp3) is 0.923. The van der Waals surface area contributed by atoms with E-state index in [1.807, 2.05) is 0 Å². The molecule has 0 spiro atoms. The average Bonchev–Trinajstić information content (AvgIpc) is 3.06. The second-order valence-corrected chi connectivity index (χ2v) is 8.31. The molecule has 1 aliphatic heterocycles. The molecule has 0 aromatic carbocycles. The topological polar surface area (TPSA) is 70.6 Å². The minimum atomic E-state index is -2.79. The molecule has 1 unspecified atom stereocenters. The Balaban J connectivity index is 0.00000200. The van der Waals surface area contributed by atoms with E-state index in [1.54, 1.807) is 0 Å². The normalized spacial score (nSPS) is 25.4. The van der Waals surface area contributed by atoms with Crippen molar-refractivity contribution in [3.63, 3.8) is 0 Å². The first-order valence-electron chi connectivity index (χ1n) is 7.20. The molecular formula is C13H26IN3O2S. The van der Waals surface area contributed by atoms with Crippen LogP contribution in [0.3, 0.4) is 0 Å². The zero-order chi connectivity index (χ0) is 13.9. The number of hydrogen-bond donors (Lipinski definition) is 2. The molecule has 2 N–H and O–H groups in total. The van der Waals surface area contributed by atoms with E-state index in [2.05, 4.69) is 29.5 Å². The Kier molecular flexibility index (Phi) is 7.03. The summed E-state index contributed by atoms with van der Waals surface area (Å²) in [4.78, 5) is 4.54. The standard InChI is InChI=1S/C13H25N3O2S.HI/c1-10(2)16-13(14-7-11-3-4-11)15-8-12-5-6-19(17,18)9-12;/h10-12H,3-9H2,1-2H3,(H2,14,15,16);1H. The van der Waals surface area contributed by atoms with Crippen molar-refractivity contribution in [3.05, 3.63) is 0 Å². The molecule has 0 aromatic heterocycles. The van der Waals surface area contributed by atoms with Crippen molar-refractivity contribution in [1.29, 1.82) is 0 Å². The maximum absolute atomic E-state index is 11.4. The number of sulfone groups is 1. The first-order chi connectivity index (χ1) is 8.94. The SMILES string of the molecule is CC(C)NC(=NCC1CCS(=O)(=O)C1)NCC1CC1.I. The van der Waals surface area contributed by atoms with Crippen molar-refractivity contribution in [3.8, 4) is 0 Å². The van der Waals surface area contributed by atoms with Gasteiger partial charge in [-0.3, -0.25) is 4.99 Å². The second kappa shape index (κ2) is 7.82. The van der Waals surface area contributed by atoms with Gasteiger partial charge in [0.2, 0.25) is 0 Å². The van der Waals surface area contributed by atoms with Crippen LogP contribution < -0.4 is 10.6 Å². The van der Waals surface area contributed by atoms with Gasteiger partial charge in [-0.25, -0.2) is 8.42 Å². The molecule has 1 heterocycles. The minimum absolute atomic E-state index is 0. The predicted octanol–water partition coefficient (Wildman–Crippen LogP) is 1.39. The highest BCUT2D eigenvalue weighted by Crippen LogP contribution is 2.27. The van der Waals surface area contributed by atoms with E-state index in [0.29, 0.717) is 24.1 Å². The van der Waals surface area contributed by atoms with E-state index in [4.69, 9.17) is 0 Å². The lowest BCUT2D eigenvalue weighted by molar-refractivity contribution is 0.587. The van der Waals surface area contributed by atoms with Crippen LogP contribution in [-0.4, -0.2) is 45.0 Å². The Morgan fingerprint density at radius 3 is 2.45 bits per heavy atom. The maximum Gasteiger partial charge on any atom is 0.191 e. The van der Waals surface area contributed by atoms with Gasteiger partial charge in [0.1, 0.15) is 0 Å². The molecule has 1 saturated heterocycles. The molecule has 1 atom stereocenters. The van der Waals surface area contributed by atoms with Crippen LogP contribution >= 0.6 is 24.0 Å². The summed E-state index contributed by atoms with van der Waals surface area (Å²) in [7, 11) is -2.79. The number of guanidine groups is 1. The summed E-state index contributed by atoms with van der Waals surface area (Å²) in [6, 6.07) is 0.331. The molecule has 1 saturated carbocycles. The largest absolute Gasteiger partial charge is 0.356 e. The first kappa shape index (κ1) is 18.0. The molecule has 2 aliphatic rings. The summed E-state index contributed by atoms with van der Waals surface area (Å²) < 4.78 is 22.8. The fourth-order valence-electron chi connectivity index (χ4n) is 2.23. The highest BCUT2D eigenvalue weighted by Gasteiger charge is 2.27. The first-order valence-corrected chi connectivity index (χ1v) is 9.02. The number of halogens is 1. The van der Waals surface area contributed by atoms with Gasteiger partial charge in [-0.05, 0) is 44.9 Å². The summed E-state index contributed by atoms with van der Waals surface area (Å²) in [5, 5.41) is 6.64. The highest BCUT2D eigenvalue weighted by molar-refractivity contribution is 14.0. The second-order valence-electron chi connectivity index (χ2n) is 6.08. The minimum Gasteiger partial charge on any atom is -0.356 e. The van der Waals surface area contributed by atoms with Crippen LogP contribution in [0.2, 0.25) is 0 Å². The Morgan fingerprint density at radius 2 is 1.95 bits per heavy atom. The molecule has 118 valence electrons. The predicted molar refractivity (Wildman–Crippen MR) is 93.5 cm³/mol. The molecule has 0 amide bonds. The lowest BCUT2D eigenvalue weighted by Gasteiger charge is -2.15. The third-order valence-corrected chi connectivity index (χ3v) is 5.35. The van der Waals surface area contributed by atoms with Crippen LogP contribution in [0.25, 0.3) is 0 Å². The molecule has 5 nitrogen and oxygen atoms in total. The summed E-state index contributed by atoms with van der Waals surface area (Å²) in [6.45, 7) is 5.73. The molecule has 20 heavy (non-hydrogen) atoms. The highest BCUT2D eigenvalue weighted by atomic mass is 127. The van der Waals surface area contributed by atoms with Crippen LogP contribution in [0.1, 0.15) is 33.1 Å². The lowest BCUT2D eigenvalue weighted by atomic mass is 10.1. The van der Waals surface area contributed by atoms with Crippen LogP contribution in [0.5, 0.6) is 0 Å². The van der Waals surface area contributed by atoms with Gasteiger partial charge in [0.25, 0.3) is 0 Å². The Hall–Kier alpha value is -0.0500. The van der Waals surface area contributed by atoms with E-state index in [0.717, 1.165) is 24.8 Å². The third kappa shape index (κ3) is 6.60. The van der Waals surface area contributed by atoms with Crippen molar-refractivity contribution in [2.45, 2.75) is 39.2 Å². The maximum atomic E-state index is 11.4. The van der Waals surface area contributed by atoms with Crippen molar-refractivity contribution in [1.82, 2.24) is 10.6 Å². The van der Waals surface area contributed by atoms with Gasteiger partial charge in [0.15, 0.2) is 15.8 Å². The smallest absolute Gasteiger partial charge is 0.191 e. The molecule has 1 aliphatic carbocycles. The zero-order valence-corrected chi connectivity index (χ0v) is 15.4. The molecule has 7 heteroatoms.